The molecule has 0 aromatic rings. The molecule has 2 rings (SSSR count). The molecule has 0 aromatic carbocycles. The highest BCUT2D eigenvalue weighted by atomic mass is 16.9. The van der Waals surface area contributed by atoms with Gasteiger partial charge in [-0.1, -0.05) is 6.42 Å². The van der Waals surface area contributed by atoms with E-state index in [4.69, 9.17) is 0 Å². The van der Waals surface area contributed by atoms with Gasteiger partial charge < -0.3 is 15.5 Å². The molecule has 7 nitrogen and oxygen atoms in total. The second-order valence-corrected chi connectivity index (χ2v) is 5.31. The number of fused-ring (bicyclic) bond motifs is 1. The maximum absolute atomic E-state index is 11.9. The monoisotopic (exact) mass is 271 g/mol. The zero-order valence-electron chi connectivity index (χ0n) is 11.0. The predicted molar refractivity (Wildman–Crippen MR) is 67.9 cm³/mol. The highest BCUT2D eigenvalue weighted by molar-refractivity contribution is 5.82. The maximum Gasteiger partial charge on any atom is 0.294 e. The van der Waals surface area contributed by atoms with Crippen molar-refractivity contribution in [3.05, 3.63) is 10.1 Å². The fourth-order valence-electron chi connectivity index (χ4n) is 3.05. The van der Waals surface area contributed by atoms with Crippen LogP contribution < -0.4 is 10.6 Å². The second-order valence-electron chi connectivity index (χ2n) is 5.31. The van der Waals surface area contributed by atoms with Crippen LogP contribution in [-0.2, 0) is 9.63 Å². The molecule has 108 valence electrons. The van der Waals surface area contributed by atoms with Gasteiger partial charge in [-0.2, -0.15) is 0 Å². The molecule has 1 amide bonds. The van der Waals surface area contributed by atoms with Crippen molar-refractivity contribution in [3.8, 4) is 0 Å². The van der Waals surface area contributed by atoms with E-state index < -0.39 is 5.09 Å². The lowest BCUT2D eigenvalue weighted by atomic mass is 10.0. The summed E-state index contributed by atoms with van der Waals surface area (Å²) in [6, 6.07) is 0.481. The Balaban J connectivity index is 1.54. The van der Waals surface area contributed by atoms with E-state index in [1.165, 1.54) is 19.3 Å². The minimum Gasteiger partial charge on any atom is -0.355 e. The normalized spacial score (nSPS) is 28.9. The van der Waals surface area contributed by atoms with Gasteiger partial charge in [-0.25, -0.2) is 0 Å². The van der Waals surface area contributed by atoms with Crippen molar-refractivity contribution in [1.82, 2.24) is 10.6 Å². The van der Waals surface area contributed by atoms with Gasteiger partial charge >= 0.3 is 0 Å². The van der Waals surface area contributed by atoms with Crippen LogP contribution in [-0.4, -0.2) is 36.2 Å². The van der Waals surface area contributed by atoms with Crippen LogP contribution in [0.25, 0.3) is 0 Å². The Kier molecular flexibility index (Phi) is 4.95. The molecular weight excluding hydrogens is 250 g/mol. The van der Waals surface area contributed by atoms with E-state index >= 15 is 0 Å². The van der Waals surface area contributed by atoms with Crippen LogP contribution in [0.4, 0.5) is 0 Å². The molecule has 1 saturated heterocycles. The van der Waals surface area contributed by atoms with Crippen LogP contribution in [0.2, 0.25) is 0 Å². The molecule has 1 saturated carbocycles. The molecule has 2 N–H and O–H groups in total. The number of hydrogen-bond donors (Lipinski definition) is 2. The lowest BCUT2D eigenvalue weighted by Gasteiger charge is -2.13. The van der Waals surface area contributed by atoms with Crippen molar-refractivity contribution in [2.75, 3.05) is 13.2 Å². The van der Waals surface area contributed by atoms with Gasteiger partial charge in [0.1, 0.15) is 0 Å². The number of carbonyl (C=O) groups is 1. The minimum absolute atomic E-state index is 0.0506. The third-order valence-electron chi connectivity index (χ3n) is 4.00. The smallest absolute Gasteiger partial charge is 0.294 e. The van der Waals surface area contributed by atoms with Gasteiger partial charge in [0.05, 0.1) is 12.6 Å². The Morgan fingerprint density at radius 2 is 2.26 bits per heavy atom. The van der Waals surface area contributed by atoms with E-state index in [-0.39, 0.29) is 18.6 Å². The van der Waals surface area contributed by atoms with E-state index in [2.05, 4.69) is 15.5 Å². The first-order chi connectivity index (χ1) is 9.16. The Hall–Kier alpha value is -1.37. The van der Waals surface area contributed by atoms with Crippen molar-refractivity contribution in [3.63, 3.8) is 0 Å². The van der Waals surface area contributed by atoms with Gasteiger partial charge in [-0.15, -0.1) is 10.1 Å². The van der Waals surface area contributed by atoms with Crippen LogP contribution in [0, 0.1) is 16.0 Å². The SMILES string of the molecule is O=C(NCCCCO[N+](=O)[O-])C1CC2CCCC2N1. The number of carbonyl (C=O) groups excluding carboxylic acids is 1. The number of unbranched alkanes of at least 4 members (excludes halogenated alkanes) is 1. The average molecular weight is 271 g/mol. The Bertz CT molecular complexity index is 325. The van der Waals surface area contributed by atoms with Crippen molar-refractivity contribution >= 4 is 5.91 Å². The number of rotatable bonds is 7. The zero-order chi connectivity index (χ0) is 13.7. The highest BCUT2D eigenvalue weighted by Crippen LogP contribution is 2.34. The molecule has 3 unspecified atom stereocenters. The van der Waals surface area contributed by atoms with Gasteiger partial charge in [0.25, 0.3) is 5.09 Å². The summed E-state index contributed by atoms with van der Waals surface area (Å²) < 4.78 is 0. The Morgan fingerprint density at radius 1 is 1.42 bits per heavy atom. The summed E-state index contributed by atoms with van der Waals surface area (Å²) in [7, 11) is 0. The summed E-state index contributed by atoms with van der Waals surface area (Å²) in [5.41, 5.74) is 0. The lowest BCUT2D eigenvalue weighted by Crippen LogP contribution is -2.42. The van der Waals surface area contributed by atoms with E-state index in [0.29, 0.717) is 31.3 Å². The summed E-state index contributed by atoms with van der Waals surface area (Å²) >= 11 is 0. The lowest BCUT2D eigenvalue weighted by molar-refractivity contribution is -0.757. The third kappa shape index (κ3) is 4.05. The first kappa shape index (κ1) is 14.0. The number of amides is 1. The van der Waals surface area contributed by atoms with Crippen molar-refractivity contribution < 1.29 is 14.7 Å². The molecule has 1 aliphatic carbocycles. The fourth-order valence-corrected chi connectivity index (χ4v) is 3.05. The molecule has 0 bridgehead atoms. The quantitative estimate of drug-likeness (QED) is 0.402. The summed E-state index contributed by atoms with van der Waals surface area (Å²) in [6.45, 7) is 0.641. The van der Waals surface area contributed by atoms with Crippen LogP contribution in [0.15, 0.2) is 0 Å². The van der Waals surface area contributed by atoms with Gasteiger partial charge in [0, 0.05) is 12.6 Å². The molecule has 0 aromatic heterocycles. The van der Waals surface area contributed by atoms with E-state index in [1.807, 2.05) is 0 Å². The van der Waals surface area contributed by atoms with Crippen LogP contribution >= 0.6 is 0 Å². The molecule has 19 heavy (non-hydrogen) atoms. The Morgan fingerprint density at radius 3 is 3.00 bits per heavy atom. The first-order valence-corrected chi connectivity index (χ1v) is 6.98. The van der Waals surface area contributed by atoms with E-state index in [1.54, 1.807) is 0 Å². The number of hydrogen-bond acceptors (Lipinski definition) is 5. The molecule has 0 radical (unpaired) electrons. The molecule has 0 spiro atoms. The molecule has 1 aliphatic heterocycles. The summed E-state index contributed by atoms with van der Waals surface area (Å²) in [5, 5.41) is 15.4. The van der Waals surface area contributed by atoms with Gasteiger partial charge in [0.15, 0.2) is 0 Å². The second kappa shape index (κ2) is 6.70. The molecule has 1 heterocycles. The van der Waals surface area contributed by atoms with Crippen LogP contribution in [0.5, 0.6) is 0 Å². The van der Waals surface area contributed by atoms with Crippen LogP contribution in [0.1, 0.15) is 38.5 Å². The maximum atomic E-state index is 11.9. The fraction of sp³-hybridized carbons (Fsp3) is 0.917. The number of nitrogens with one attached hydrogen (secondary N) is 2. The summed E-state index contributed by atoms with van der Waals surface area (Å²) in [5.74, 6) is 0.730. The average Bonchev–Trinajstić information content (AvgIpc) is 2.93. The molecular formula is C12H21N3O4. The highest BCUT2D eigenvalue weighted by Gasteiger charge is 2.39. The minimum atomic E-state index is -0.792. The first-order valence-electron chi connectivity index (χ1n) is 6.98. The summed E-state index contributed by atoms with van der Waals surface area (Å²) in [4.78, 5) is 26.0. The van der Waals surface area contributed by atoms with Gasteiger partial charge in [-0.3, -0.25) is 4.79 Å². The largest absolute Gasteiger partial charge is 0.355 e. The molecule has 3 atom stereocenters. The zero-order valence-corrected chi connectivity index (χ0v) is 11.0. The predicted octanol–water partition coefficient (Wildman–Crippen LogP) is 0.622. The Labute approximate surface area is 112 Å². The van der Waals surface area contributed by atoms with Crippen molar-refractivity contribution in [2.45, 2.75) is 50.6 Å². The topological polar surface area (TPSA) is 93.5 Å². The third-order valence-corrected chi connectivity index (χ3v) is 4.00. The number of nitrogens with zero attached hydrogens (tertiary/aromatic N) is 1. The summed E-state index contributed by atoms with van der Waals surface area (Å²) in [6.07, 6.45) is 5.91. The van der Waals surface area contributed by atoms with Crippen molar-refractivity contribution in [1.29, 1.82) is 0 Å². The van der Waals surface area contributed by atoms with E-state index in [9.17, 15) is 14.9 Å². The van der Waals surface area contributed by atoms with Crippen molar-refractivity contribution in [2.24, 2.45) is 5.92 Å². The van der Waals surface area contributed by atoms with Gasteiger partial charge in [-0.05, 0) is 38.0 Å². The van der Waals surface area contributed by atoms with E-state index in [0.717, 1.165) is 6.42 Å². The standard InChI is InChI=1S/C12H21N3O4/c16-12(13-6-1-2-7-19-15(17)18)11-8-9-4-3-5-10(9)14-11/h9-11,14H,1-8H2,(H,13,16). The van der Waals surface area contributed by atoms with Gasteiger partial charge in [0.2, 0.25) is 5.91 Å². The molecule has 2 aliphatic rings. The molecule has 7 heteroatoms. The van der Waals surface area contributed by atoms with Crippen LogP contribution in [0.3, 0.4) is 0 Å². The molecule has 2 fully saturated rings.